The van der Waals surface area contributed by atoms with Crippen molar-refractivity contribution < 1.29 is 0 Å². The van der Waals surface area contributed by atoms with E-state index in [4.69, 9.17) is 5.73 Å². The summed E-state index contributed by atoms with van der Waals surface area (Å²) in [7, 11) is 0. The summed E-state index contributed by atoms with van der Waals surface area (Å²) < 4.78 is 0. The molecule has 2 unspecified atom stereocenters. The molecule has 2 nitrogen and oxygen atoms in total. The maximum absolute atomic E-state index is 6.26. The zero-order valence-corrected chi connectivity index (χ0v) is 13.3. The van der Waals surface area contributed by atoms with Crippen LogP contribution in [0.3, 0.4) is 0 Å². The van der Waals surface area contributed by atoms with Gasteiger partial charge in [0.2, 0.25) is 0 Å². The summed E-state index contributed by atoms with van der Waals surface area (Å²) in [6, 6.07) is 9.54. The molecular weight excluding hydrogens is 244 g/mol. The minimum atomic E-state index is 0.329. The Balaban J connectivity index is 2.02. The first kappa shape index (κ1) is 15.5. The molecule has 2 rings (SSSR count). The number of nitrogens with zero attached hydrogens (tertiary/aromatic N) is 1. The van der Waals surface area contributed by atoms with Crippen LogP contribution in [0, 0.1) is 0 Å². The van der Waals surface area contributed by atoms with E-state index in [-0.39, 0.29) is 0 Å². The first-order valence-electron chi connectivity index (χ1n) is 8.18. The predicted octanol–water partition coefficient (Wildman–Crippen LogP) is 3.73. The Morgan fingerprint density at radius 1 is 1.20 bits per heavy atom. The zero-order chi connectivity index (χ0) is 14.5. The minimum absolute atomic E-state index is 0.329. The zero-order valence-electron chi connectivity index (χ0n) is 13.3. The van der Waals surface area contributed by atoms with Gasteiger partial charge < -0.3 is 10.6 Å². The van der Waals surface area contributed by atoms with E-state index >= 15 is 0 Å². The Bertz CT molecular complexity index is 396. The van der Waals surface area contributed by atoms with Gasteiger partial charge in [0.1, 0.15) is 0 Å². The topological polar surface area (TPSA) is 29.3 Å². The molecule has 0 amide bonds. The normalized spacial score (nSPS) is 24.2. The van der Waals surface area contributed by atoms with Crippen LogP contribution in [-0.2, 0) is 0 Å². The lowest BCUT2D eigenvalue weighted by Crippen LogP contribution is -2.46. The number of rotatable bonds is 5. The molecule has 1 aliphatic heterocycles. The van der Waals surface area contributed by atoms with Crippen LogP contribution in [-0.4, -0.2) is 30.6 Å². The third-order valence-corrected chi connectivity index (χ3v) is 4.46. The van der Waals surface area contributed by atoms with Gasteiger partial charge in [0, 0.05) is 19.1 Å². The van der Waals surface area contributed by atoms with Crippen LogP contribution in [0.5, 0.6) is 0 Å². The third-order valence-electron chi connectivity index (χ3n) is 4.46. The largest absolute Gasteiger partial charge is 0.327 e. The Morgan fingerprint density at radius 2 is 1.90 bits per heavy atom. The lowest BCUT2D eigenvalue weighted by atomic mass is 9.87. The molecule has 2 N–H and O–H groups in total. The van der Waals surface area contributed by atoms with Crippen molar-refractivity contribution in [2.24, 2.45) is 5.73 Å². The Kier molecular flexibility index (Phi) is 5.62. The molecule has 0 spiro atoms. The lowest BCUT2D eigenvalue weighted by molar-refractivity contribution is 0.186. The van der Waals surface area contributed by atoms with E-state index in [1.165, 1.54) is 37.1 Å². The minimum Gasteiger partial charge on any atom is -0.327 e. The van der Waals surface area contributed by atoms with E-state index in [1.807, 2.05) is 0 Å². The van der Waals surface area contributed by atoms with Gasteiger partial charge in [0.05, 0.1) is 0 Å². The predicted molar refractivity (Wildman–Crippen MR) is 87.2 cm³/mol. The Morgan fingerprint density at radius 3 is 2.50 bits per heavy atom. The SMILES string of the molecule is CCCCN1CC(N)CC(c2ccc(C(C)C)cc2)C1. The molecule has 1 aromatic carbocycles. The summed E-state index contributed by atoms with van der Waals surface area (Å²) in [6.45, 7) is 10.2. The molecule has 0 aliphatic carbocycles. The quantitative estimate of drug-likeness (QED) is 0.886. The standard InChI is InChI=1S/C18H30N2/c1-4-5-10-20-12-17(11-18(19)13-20)16-8-6-15(7-9-16)14(2)3/h6-9,14,17-18H,4-5,10-13,19H2,1-3H3. The van der Waals surface area contributed by atoms with Crippen molar-refractivity contribution in [2.75, 3.05) is 19.6 Å². The second kappa shape index (κ2) is 7.24. The second-order valence-electron chi connectivity index (χ2n) is 6.63. The molecule has 1 heterocycles. The third kappa shape index (κ3) is 4.07. The fraction of sp³-hybridized carbons (Fsp3) is 0.667. The molecule has 1 aliphatic rings. The van der Waals surface area contributed by atoms with Crippen molar-refractivity contribution in [3.8, 4) is 0 Å². The fourth-order valence-corrected chi connectivity index (χ4v) is 3.19. The molecule has 0 saturated carbocycles. The summed E-state index contributed by atoms with van der Waals surface area (Å²) in [5.74, 6) is 1.22. The monoisotopic (exact) mass is 274 g/mol. The maximum atomic E-state index is 6.26. The molecule has 2 heteroatoms. The molecule has 1 saturated heterocycles. The second-order valence-corrected chi connectivity index (χ2v) is 6.63. The molecule has 1 aromatic rings. The number of hydrogen-bond acceptors (Lipinski definition) is 2. The van der Waals surface area contributed by atoms with E-state index in [0.29, 0.717) is 17.9 Å². The average Bonchev–Trinajstić information content (AvgIpc) is 2.44. The van der Waals surface area contributed by atoms with Crippen molar-refractivity contribution >= 4 is 0 Å². The number of piperidine rings is 1. The van der Waals surface area contributed by atoms with E-state index in [2.05, 4.69) is 49.9 Å². The van der Waals surface area contributed by atoms with Crippen LogP contribution in [0.2, 0.25) is 0 Å². The van der Waals surface area contributed by atoms with Crippen molar-refractivity contribution in [3.63, 3.8) is 0 Å². The highest BCUT2D eigenvalue weighted by Gasteiger charge is 2.25. The van der Waals surface area contributed by atoms with E-state index in [0.717, 1.165) is 13.0 Å². The average molecular weight is 274 g/mol. The highest BCUT2D eigenvalue weighted by atomic mass is 15.1. The summed E-state index contributed by atoms with van der Waals surface area (Å²) in [5.41, 5.74) is 9.15. The summed E-state index contributed by atoms with van der Waals surface area (Å²) >= 11 is 0. The highest BCUT2D eigenvalue weighted by molar-refractivity contribution is 5.28. The summed E-state index contributed by atoms with van der Waals surface area (Å²) in [5, 5.41) is 0. The summed E-state index contributed by atoms with van der Waals surface area (Å²) in [6.07, 6.45) is 3.68. The molecule has 20 heavy (non-hydrogen) atoms. The van der Waals surface area contributed by atoms with Gasteiger partial charge in [-0.15, -0.1) is 0 Å². The van der Waals surface area contributed by atoms with Gasteiger partial charge in [-0.2, -0.15) is 0 Å². The van der Waals surface area contributed by atoms with Gasteiger partial charge in [-0.05, 0) is 42.3 Å². The molecule has 0 radical (unpaired) electrons. The number of nitrogens with two attached hydrogens (primary N) is 1. The Hall–Kier alpha value is -0.860. The van der Waals surface area contributed by atoms with Gasteiger partial charge in [-0.3, -0.25) is 0 Å². The van der Waals surface area contributed by atoms with Crippen molar-refractivity contribution in [2.45, 2.75) is 57.9 Å². The Labute approximate surface area is 124 Å². The van der Waals surface area contributed by atoms with Crippen molar-refractivity contribution in [3.05, 3.63) is 35.4 Å². The molecule has 0 aromatic heterocycles. The van der Waals surface area contributed by atoms with E-state index in [9.17, 15) is 0 Å². The fourth-order valence-electron chi connectivity index (χ4n) is 3.19. The number of unbranched alkanes of at least 4 members (excludes halogenated alkanes) is 1. The van der Waals surface area contributed by atoms with E-state index in [1.54, 1.807) is 0 Å². The number of likely N-dealkylation sites (tertiary alicyclic amines) is 1. The van der Waals surface area contributed by atoms with Gasteiger partial charge in [-0.1, -0.05) is 51.5 Å². The van der Waals surface area contributed by atoms with Crippen LogP contribution in [0.1, 0.15) is 63.0 Å². The molecule has 0 bridgehead atoms. The molecule has 2 atom stereocenters. The maximum Gasteiger partial charge on any atom is 0.0174 e. The first-order valence-corrected chi connectivity index (χ1v) is 8.18. The van der Waals surface area contributed by atoms with E-state index < -0.39 is 0 Å². The van der Waals surface area contributed by atoms with Crippen LogP contribution >= 0.6 is 0 Å². The highest BCUT2D eigenvalue weighted by Crippen LogP contribution is 2.28. The van der Waals surface area contributed by atoms with Gasteiger partial charge in [0.15, 0.2) is 0 Å². The molecule has 1 fully saturated rings. The summed E-state index contributed by atoms with van der Waals surface area (Å²) in [4.78, 5) is 2.55. The van der Waals surface area contributed by atoms with Crippen LogP contribution in [0.4, 0.5) is 0 Å². The first-order chi connectivity index (χ1) is 9.60. The van der Waals surface area contributed by atoms with Gasteiger partial charge in [0.25, 0.3) is 0 Å². The van der Waals surface area contributed by atoms with Gasteiger partial charge in [-0.25, -0.2) is 0 Å². The van der Waals surface area contributed by atoms with Crippen molar-refractivity contribution in [1.29, 1.82) is 0 Å². The lowest BCUT2D eigenvalue weighted by Gasteiger charge is -2.36. The number of hydrogen-bond donors (Lipinski definition) is 1. The molecule has 112 valence electrons. The van der Waals surface area contributed by atoms with Crippen LogP contribution in [0.25, 0.3) is 0 Å². The van der Waals surface area contributed by atoms with Gasteiger partial charge >= 0.3 is 0 Å². The van der Waals surface area contributed by atoms with Crippen LogP contribution in [0.15, 0.2) is 24.3 Å². The number of benzene rings is 1. The molecular formula is C18H30N2. The van der Waals surface area contributed by atoms with Crippen molar-refractivity contribution in [1.82, 2.24) is 4.90 Å². The smallest absolute Gasteiger partial charge is 0.0174 e. The van der Waals surface area contributed by atoms with Crippen LogP contribution < -0.4 is 5.73 Å².